The summed E-state index contributed by atoms with van der Waals surface area (Å²) < 4.78 is 0. The highest BCUT2D eigenvalue weighted by Gasteiger charge is 2.38. The molecule has 1 nitrogen and oxygen atoms in total. The van der Waals surface area contributed by atoms with Crippen LogP contribution < -0.4 is 0 Å². The molecule has 0 saturated heterocycles. The summed E-state index contributed by atoms with van der Waals surface area (Å²) in [5, 5.41) is 1.49. The molecule has 1 N–H and O–H groups in total. The lowest BCUT2D eigenvalue weighted by Gasteiger charge is -2.41. The van der Waals surface area contributed by atoms with E-state index in [9.17, 15) is 0 Å². The molecule has 1 heterocycles. The highest BCUT2D eigenvalue weighted by Crippen LogP contribution is 2.50. The van der Waals surface area contributed by atoms with Gasteiger partial charge >= 0.3 is 0 Å². The number of para-hydroxylation sites is 1. The van der Waals surface area contributed by atoms with Gasteiger partial charge in [0, 0.05) is 22.5 Å². The van der Waals surface area contributed by atoms with Crippen molar-refractivity contribution >= 4 is 10.9 Å². The van der Waals surface area contributed by atoms with Crippen molar-refractivity contribution in [3.05, 3.63) is 35.5 Å². The zero-order valence-electron chi connectivity index (χ0n) is 15.4. The van der Waals surface area contributed by atoms with E-state index in [0.717, 1.165) is 5.92 Å². The van der Waals surface area contributed by atoms with E-state index in [1.165, 1.54) is 88.0 Å². The van der Waals surface area contributed by atoms with Gasteiger partial charge in [0.1, 0.15) is 0 Å². The standard InChI is InChI=1S/C23H33N/c1-23(16-9-5-3-2-4-6-10-17-23)20-14-11-13-19-18-12-7-8-15-21(18)24-22(19)20/h7-8,12,15,20,24H,2-6,9-11,13-14,16-17H2,1H3. The number of aromatic amines is 1. The van der Waals surface area contributed by atoms with Crippen molar-refractivity contribution in [3.63, 3.8) is 0 Å². The Bertz CT molecular complexity index is 670. The summed E-state index contributed by atoms with van der Waals surface area (Å²) in [5.41, 5.74) is 5.09. The monoisotopic (exact) mass is 323 g/mol. The van der Waals surface area contributed by atoms with Crippen LogP contribution in [-0.2, 0) is 6.42 Å². The number of rotatable bonds is 1. The Labute approximate surface area is 147 Å². The highest BCUT2D eigenvalue weighted by molar-refractivity contribution is 5.85. The van der Waals surface area contributed by atoms with Crippen molar-refractivity contribution in [1.82, 2.24) is 4.98 Å². The van der Waals surface area contributed by atoms with Crippen LogP contribution in [0.5, 0.6) is 0 Å². The maximum atomic E-state index is 3.85. The first-order chi connectivity index (χ1) is 11.8. The van der Waals surface area contributed by atoms with E-state index in [-0.39, 0.29) is 0 Å². The molecule has 1 heteroatoms. The summed E-state index contributed by atoms with van der Waals surface area (Å²) in [5.74, 6) is 0.744. The maximum Gasteiger partial charge on any atom is 0.0459 e. The Morgan fingerprint density at radius 1 is 0.875 bits per heavy atom. The number of hydrogen-bond acceptors (Lipinski definition) is 0. The minimum absolute atomic E-state index is 0.493. The van der Waals surface area contributed by atoms with Gasteiger partial charge in [0.25, 0.3) is 0 Å². The molecular weight excluding hydrogens is 290 g/mol. The molecule has 2 aliphatic rings. The molecule has 0 spiro atoms. The second kappa shape index (κ2) is 6.94. The van der Waals surface area contributed by atoms with E-state index in [4.69, 9.17) is 0 Å². The molecule has 0 radical (unpaired) electrons. The lowest BCUT2D eigenvalue weighted by Crippen LogP contribution is -2.29. The average molecular weight is 324 g/mol. The summed E-state index contributed by atoms with van der Waals surface area (Å²) in [7, 11) is 0. The summed E-state index contributed by atoms with van der Waals surface area (Å²) in [6.07, 6.45) is 17.0. The number of aromatic nitrogens is 1. The van der Waals surface area contributed by atoms with Crippen molar-refractivity contribution in [3.8, 4) is 0 Å². The van der Waals surface area contributed by atoms with Gasteiger partial charge in [0.15, 0.2) is 0 Å². The molecule has 130 valence electrons. The van der Waals surface area contributed by atoms with Crippen LogP contribution in [-0.4, -0.2) is 4.98 Å². The Kier molecular flexibility index (Phi) is 4.70. The molecule has 0 amide bonds. The third-order valence-corrected chi connectivity index (χ3v) is 6.95. The van der Waals surface area contributed by atoms with Crippen LogP contribution in [0.1, 0.15) is 94.7 Å². The van der Waals surface area contributed by atoms with Crippen LogP contribution >= 0.6 is 0 Å². The lowest BCUT2D eigenvalue weighted by atomic mass is 9.64. The summed E-state index contributed by atoms with van der Waals surface area (Å²) in [6.45, 7) is 2.61. The van der Waals surface area contributed by atoms with Gasteiger partial charge in [-0.3, -0.25) is 0 Å². The minimum atomic E-state index is 0.493. The van der Waals surface area contributed by atoms with E-state index in [0.29, 0.717) is 5.41 Å². The molecule has 2 aromatic rings. The van der Waals surface area contributed by atoms with E-state index in [1.54, 1.807) is 11.3 Å². The fraction of sp³-hybridized carbons (Fsp3) is 0.652. The van der Waals surface area contributed by atoms with Gasteiger partial charge in [-0.1, -0.05) is 70.1 Å². The van der Waals surface area contributed by atoms with Crippen LogP contribution in [0.15, 0.2) is 24.3 Å². The summed E-state index contributed by atoms with van der Waals surface area (Å²) in [4.78, 5) is 3.85. The third-order valence-electron chi connectivity index (χ3n) is 6.95. The van der Waals surface area contributed by atoms with Gasteiger partial charge in [0.2, 0.25) is 0 Å². The van der Waals surface area contributed by atoms with Crippen molar-refractivity contribution in [1.29, 1.82) is 0 Å². The second-order valence-corrected chi connectivity index (χ2v) is 8.64. The molecule has 1 unspecified atom stereocenters. The second-order valence-electron chi connectivity index (χ2n) is 8.64. The lowest BCUT2D eigenvalue weighted by molar-refractivity contribution is 0.174. The van der Waals surface area contributed by atoms with Gasteiger partial charge in [0.05, 0.1) is 0 Å². The smallest absolute Gasteiger partial charge is 0.0459 e. The Hall–Kier alpha value is -1.24. The first kappa shape index (κ1) is 16.2. The fourth-order valence-corrected chi connectivity index (χ4v) is 5.53. The first-order valence-electron chi connectivity index (χ1n) is 10.4. The van der Waals surface area contributed by atoms with Gasteiger partial charge in [-0.2, -0.15) is 0 Å². The molecule has 24 heavy (non-hydrogen) atoms. The Balaban J connectivity index is 1.67. The fourth-order valence-electron chi connectivity index (χ4n) is 5.53. The first-order valence-corrected chi connectivity index (χ1v) is 10.4. The average Bonchev–Trinajstić information content (AvgIpc) is 2.99. The molecule has 2 aliphatic carbocycles. The normalized spacial score (nSPS) is 25.3. The highest BCUT2D eigenvalue weighted by atomic mass is 14.7. The van der Waals surface area contributed by atoms with E-state index in [1.807, 2.05) is 0 Å². The molecule has 1 aromatic heterocycles. The van der Waals surface area contributed by atoms with Crippen LogP contribution in [0.25, 0.3) is 10.9 Å². The summed E-state index contributed by atoms with van der Waals surface area (Å²) >= 11 is 0. The van der Waals surface area contributed by atoms with Crippen LogP contribution in [0, 0.1) is 5.41 Å². The van der Waals surface area contributed by atoms with Crippen LogP contribution in [0.4, 0.5) is 0 Å². The molecular formula is C23H33N. The summed E-state index contributed by atoms with van der Waals surface area (Å²) in [6, 6.07) is 8.96. The SMILES string of the molecule is CC1(C2CCCc3c2[nH]c2ccccc32)CCCCCCCCC1. The molecule has 0 bridgehead atoms. The zero-order chi connectivity index (χ0) is 16.4. The van der Waals surface area contributed by atoms with Crippen molar-refractivity contribution in [2.45, 2.75) is 89.9 Å². The molecule has 1 atom stereocenters. The number of hydrogen-bond donors (Lipinski definition) is 1. The quantitative estimate of drug-likeness (QED) is 0.575. The maximum absolute atomic E-state index is 3.85. The molecule has 4 rings (SSSR count). The molecule has 1 saturated carbocycles. The van der Waals surface area contributed by atoms with E-state index in [2.05, 4.69) is 36.2 Å². The van der Waals surface area contributed by atoms with E-state index < -0.39 is 0 Å². The Morgan fingerprint density at radius 2 is 1.54 bits per heavy atom. The van der Waals surface area contributed by atoms with Crippen LogP contribution in [0.2, 0.25) is 0 Å². The Morgan fingerprint density at radius 3 is 2.29 bits per heavy atom. The molecule has 1 fully saturated rings. The van der Waals surface area contributed by atoms with Crippen LogP contribution in [0.3, 0.4) is 0 Å². The number of fused-ring (bicyclic) bond motifs is 3. The van der Waals surface area contributed by atoms with Gasteiger partial charge in [-0.25, -0.2) is 0 Å². The van der Waals surface area contributed by atoms with Crippen molar-refractivity contribution < 1.29 is 0 Å². The zero-order valence-corrected chi connectivity index (χ0v) is 15.4. The largest absolute Gasteiger partial charge is 0.358 e. The third kappa shape index (κ3) is 3.03. The van der Waals surface area contributed by atoms with Gasteiger partial charge < -0.3 is 4.98 Å². The number of benzene rings is 1. The number of H-pyrrole nitrogens is 1. The number of aryl methyl sites for hydroxylation is 1. The van der Waals surface area contributed by atoms with Gasteiger partial charge in [-0.15, -0.1) is 0 Å². The van der Waals surface area contributed by atoms with Crippen molar-refractivity contribution in [2.75, 3.05) is 0 Å². The minimum Gasteiger partial charge on any atom is -0.358 e. The number of nitrogens with one attached hydrogen (secondary N) is 1. The molecule has 0 aliphatic heterocycles. The predicted molar refractivity (Wildman–Crippen MR) is 104 cm³/mol. The van der Waals surface area contributed by atoms with Gasteiger partial charge in [-0.05, 0) is 49.1 Å². The topological polar surface area (TPSA) is 15.8 Å². The predicted octanol–water partition coefficient (Wildman–Crippen LogP) is 7.12. The van der Waals surface area contributed by atoms with Crippen molar-refractivity contribution in [2.24, 2.45) is 5.41 Å². The van der Waals surface area contributed by atoms with E-state index >= 15 is 0 Å². The molecule has 1 aromatic carbocycles.